The number of para-hydroxylation sites is 1. The predicted molar refractivity (Wildman–Crippen MR) is 75.9 cm³/mol. The van der Waals surface area contributed by atoms with Crippen molar-refractivity contribution < 1.29 is 9.13 Å². The summed E-state index contributed by atoms with van der Waals surface area (Å²) in [6, 6.07) is 18.6. The maximum atomic E-state index is 14.6. The summed E-state index contributed by atoms with van der Waals surface area (Å²) in [6.45, 7) is 0. The van der Waals surface area contributed by atoms with Crippen molar-refractivity contribution in [3.05, 3.63) is 66.5 Å². The number of hydrogen-bond donors (Lipinski definition) is 0. The molecule has 0 saturated carbocycles. The van der Waals surface area contributed by atoms with E-state index < -0.39 is 0 Å². The quantitative estimate of drug-likeness (QED) is 0.644. The monoisotopic (exact) mass is 252 g/mol. The van der Waals surface area contributed by atoms with E-state index in [9.17, 15) is 4.39 Å². The third-order valence-electron chi connectivity index (χ3n) is 3.26. The second-order valence-corrected chi connectivity index (χ2v) is 4.35. The van der Waals surface area contributed by atoms with Gasteiger partial charge in [0.15, 0.2) is 0 Å². The fourth-order valence-corrected chi connectivity index (χ4v) is 2.31. The van der Waals surface area contributed by atoms with Gasteiger partial charge in [-0.1, -0.05) is 54.6 Å². The number of ether oxygens (including phenoxy) is 1. The topological polar surface area (TPSA) is 9.23 Å². The Morgan fingerprint density at radius 2 is 1.53 bits per heavy atom. The van der Waals surface area contributed by atoms with Crippen LogP contribution < -0.4 is 4.74 Å². The SMILES string of the molecule is COc1ccccc1-c1ccc2ccccc2c1F. The van der Waals surface area contributed by atoms with Crippen LogP contribution >= 0.6 is 0 Å². The van der Waals surface area contributed by atoms with E-state index in [4.69, 9.17) is 4.74 Å². The number of hydrogen-bond acceptors (Lipinski definition) is 1. The Labute approximate surface area is 111 Å². The molecule has 0 saturated heterocycles. The number of halogens is 1. The zero-order valence-corrected chi connectivity index (χ0v) is 10.6. The van der Waals surface area contributed by atoms with E-state index in [1.54, 1.807) is 19.2 Å². The number of rotatable bonds is 2. The molecule has 3 rings (SSSR count). The lowest BCUT2D eigenvalue weighted by molar-refractivity contribution is 0.416. The molecule has 0 aromatic heterocycles. The Hall–Kier alpha value is -2.35. The van der Waals surface area contributed by atoms with Crippen LogP contribution in [0.5, 0.6) is 5.75 Å². The van der Waals surface area contributed by atoms with E-state index in [2.05, 4.69) is 0 Å². The maximum absolute atomic E-state index is 14.6. The van der Waals surface area contributed by atoms with Crippen molar-refractivity contribution in [1.82, 2.24) is 0 Å². The first-order chi connectivity index (χ1) is 9.31. The van der Waals surface area contributed by atoms with Crippen LogP contribution in [-0.2, 0) is 0 Å². The van der Waals surface area contributed by atoms with Crippen molar-refractivity contribution in [1.29, 1.82) is 0 Å². The molecule has 1 nitrogen and oxygen atoms in total. The summed E-state index contributed by atoms with van der Waals surface area (Å²) in [6.07, 6.45) is 0. The first kappa shape index (κ1) is 11.7. The molecule has 0 atom stereocenters. The van der Waals surface area contributed by atoms with Crippen LogP contribution in [0.1, 0.15) is 0 Å². The molecule has 0 aliphatic rings. The molecule has 0 amide bonds. The fourth-order valence-electron chi connectivity index (χ4n) is 2.31. The highest BCUT2D eigenvalue weighted by atomic mass is 19.1. The minimum Gasteiger partial charge on any atom is -0.496 e. The van der Waals surface area contributed by atoms with Crippen LogP contribution in [-0.4, -0.2) is 7.11 Å². The molecule has 0 aliphatic carbocycles. The lowest BCUT2D eigenvalue weighted by atomic mass is 9.99. The maximum Gasteiger partial charge on any atom is 0.138 e. The van der Waals surface area contributed by atoms with Gasteiger partial charge in [-0.05, 0) is 11.5 Å². The van der Waals surface area contributed by atoms with Gasteiger partial charge in [0.05, 0.1) is 7.11 Å². The van der Waals surface area contributed by atoms with Gasteiger partial charge < -0.3 is 4.74 Å². The zero-order chi connectivity index (χ0) is 13.2. The third kappa shape index (κ3) is 1.95. The smallest absolute Gasteiger partial charge is 0.138 e. The molecule has 0 aliphatic heterocycles. The first-order valence-electron chi connectivity index (χ1n) is 6.12. The van der Waals surface area contributed by atoms with Gasteiger partial charge in [0.2, 0.25) is 0 Å². The third-order valence-corrected chi connectivity index (χ3v) is 3.26. The van der Waals surface area contributed by atoms with Crippen LogP contribution in [0.3, 0.4) is 0 Å². The van der Waals surface area contributed by atoms with Gasteiger partial charge in [0, 0.05) is 16.5 Å². The summed E-state index contributed by atoms with van der Waals surface area (Å²) < 4.78 is 19.9. The summed E-state index contributed by atoms with van der Waals surface area (Å²) in [4.78, 5) is 0. The molecule has 3 aromatic carbocycles. The van der Waals surface area contributed by atoms with Crippen molar-refractivity contribution in [3.63, 3.8) is 0 Å². The van der Waals surface area contributed by atoms with E-state index in [1.807, 2.05) is 48.5 Å². The van der Waals surface area contributed by atoms with Crippen molar-refractivity contribution in [2.75, 3.05) is 7.11 Å². The Balaban J connectivity index is 2.28. The lowest BCUT2D eigenvalue weighted by Gasteiger charge is -2.10. The summed E-state index contributed by atoms with van der Waals surface area (Å²) in [5.74, 6) is 0.472. The van der Waals surface area contributed by atoms with E-state index in [0.29, 0.717) is 16.7 Å². The molecule has 94 valence electrons. The molecule has 3 aromatic rings. The fraction of sp³-hybridized carbons (Fsp3) is 0.0588. The standard InChI is InChI=1S/C17H13FO/c1-19-16-9-5-4-8-14(16)15-11-10-12-6-2-3-7-13(12)17(15)18/h2-11H,1H3. The average Bonchev–Trinajstić information content (AvgIpc) is 2.48. The molecule has 0 heterocycles. The van der Waals surface area contributed by atoms with Gasteiger partial charge >= 0.3 is 0 Å². The minimum atomic E-state index is -0.206. The van der Waals surface area contributed by atoms with Crippen LogP contribution in [0.4, 0.5) is 4.39 Å². The normalized spacial score (nSPS) is 10.6. The highest BCUT2D eigenvalue weighted by Gasteiger charge is 2.12. The van der Waals surface area contributed by atoms with E-state index in [1.165, 1.54) is 0 Å². The van der Waals surface area contributed by atoms with E-state index in [-0.39, 0.29) is 5.82 Å². The van der Waals surface area contributed by atoms with Gasteiger partial charge in [0.25, 0.3) is 0 Å². The van der Waals surface area contributed by atoms with Gasteiger partial charge in [-0.2, -0.15) is 0 Å². The van der Waals surface area contributed by atoms with Gasteiger partial charge in [0.1, 0.15) is 11.6 Å². The van der Waals surface area contributed by atoms with E-state index >= 15 is 0 Å². The zero-order valence-electron chi connectivity index (χ0n) is 10.6. The second-order valence-electron chi connectivity index (χ2n) is 4.35. The van der Waals surface area contributed by atoms with Crippen LogP contribution in [0.2, 0.25) is 0 Å². The average molecular weight is 252 g/mol. The molecule has 0 fully saturated rings. The van der Waals surface area contributed by atoms with Gasteiger partial charge in [-0.15, -0.1) is 0 Å². The molecule has 0 bridgehead atoms. The highest BCUT2D eigenvalue weighted by Crippen LogP contribution is 2.34. The van der Waals surface area contributed by atoms with Crippen molar-refractivity contribution in [2.45, 2.75) is 0 Å². The van der Waals surface area contributed by atoms with Crippen LogP contribution in [0.25, 0.3) is 21.9 Å². The molecule has 0 radical (unpaired) electrons. The number of benzene rings is 3. The van der Waals surface area contributed by atoms with Crippen LogP contribution in [0.15, 0.2) is 60.7 Å². The van der Waals surface area contributed by atoms with Crippen molar-refractivity contribution in [3.8, 4) is 16.9 Å². The number of methoxy groups -OCH3 is 1. The minimum absolute atomic E-state index is 0.206. The first-order valence-corrected chi connectivity index (χ1v) is 6.12. The molecule has 0 spiro atoms. The Bertz CT molecular complexity index is 734. The van der Waals surface area contributed by atoms with Gasteiger partial charge in [-0.25, -0.2) is 4.39 Å². The predicted octanol–water partition coefficient (Wildman–Crippen LogP) is 4.65. The summed E-state index contributed by atoms with van der Waals surface area (Å²) in [5.41, 5.74) is 1.34. The lowest BCUT2D eigenvalue weighted by Crippen LogP contribution is -1.91. The van der Waals surface area contributed by atoms with Gasteiger partial charge in [-0.3, -0.25) is 0 Å². The summed E-state index contributed by atoms with van der Waals surface area (Å²) >= 11 is 0. The van der Waals surface area contributed by atoms with Crippen molar-refractivity contribution >= 4 is 10.8 Å². The summed E-state index contributed by atoms with van der Waals surface area (Å²) in [5, 5.41) is 1.53. The Morgan fingerprint density at radius 3 is 2.37 bits per heavy atom. The molecular formula is C17H13FO. The molecule has 19 heavy (non-hydrogen) atoms. The molecule has 0 N–H and O–H groups in total. The van der Waals surface area contributed by atoms with Crippen molar-refractivity contribution in [2.24, 2.45) is 0 Å². The highest BCUT2D eigenvalue weighted by molar-refractivity contribution is 5.89. The largest absolute Gasteiger partial charge is 0.496 e. The molecular weight excluding hydrogens is 239 g/mol. The number of fused-ring (bicyclic) bond motifs is 1. The molecule has 0 unspecified atom stereocenters. The molecule has 2 heteroatoms. The summed E-state index contributed by atoms with van der Waals surface area (Å²) in [7, 11) is 1.60. The van der Waals surface area contributed by atoms with E-state index in [0.717, 1.165) is 10.9 Å². The Morgan fingerprint density at radius 1 is 0.789 bits per heavy atom. The second kappa shape index (κ2) is 4.73. The Kier molecular flexibility index (Phi) is 2.92. The van der Waals surface area contributed by atoms with Crippen LogP contribution in [0, 0.1) is 5.82 Å².